The van der Waals surface area contributed by atoms with E-state index in [0.717, 1.165) is 0 Å². The van der Waals surface area contributed by atoms with Gasteiger partial charge in [-0.25, -0.2) is 0 Å². The lowest BCUT2D eigenvalue weighted by molar-refractivity contribution is -0.145. The smallest absolute Gasteiger partial charge is 0.322 e. The van der Waals surface area contributed by atoms with Crippen LogP contribution in [-0.4, -0.2) is 54.1 Å². The maximum absolute atomic E-state index is 10.9. The Balaban J connectivity index is 2.60. The van der Waals surface area contributed by atoms with E-state index in [4.69, 9.17) is 10.8 Å². The van der Waals surface area contributed by atoms with Crippen molar-refractivity contribution in [2.45, 2.75) is 6.04 Å². The SMILES string of the molecule is NCCN1CC(=O)NCC1C(=O)O. The molecule has 1 unspecified atom stereocenters. The number of nitrogens with two attached hydrogens (primary N) is 1. The van der Waals surface area contributed by atoms with Crippen molar-refractivity contribution in [3.05, 3.63) is 0 Å². The quantitative estimate of drug-likeness (QED) is 0.467. The normalized spacial score (nSPS) is 24.1. The fourth-order valence-corrected chi connectivity index (χ4v) is 1.33. The van der Waals surface area contributed by atoms with Gasteiger partial charge in [0.25, 0.3) is 0 Å². The minimum Gasteiger partial charge on any atom is -0.480 e. The van der Waals surface area contributed by atoms with E-state index in [9.17, 15) is 9.59 Å². The van der Waals surface area contributed by atoms with Gasteiger partial charge in [0, 0.05) is 19.6 Å². The van der Waals surface area contributed by atoms with E-state index in [-0.39, 0.29) is 19.0 Å². The number of carboxylic acid groups (broad SMARTS) is 1. The van der Waals surface area contributed by atoms with Crippen LogP contribution in [0, 0.1) is 0 Å². The maximum atomic E-state index is 10.9. The summed E-state index contributed by atoms with van der Waals surface area (Å²) in [5, 5.41) is 11.3. The van der Waals surface area contributed by atoms with Gasteiger partial charge in [-0.2, -0.15) is 0 Å². The van der Waals surface area contributed by atoms with Gasteiger partial charge in [0.05, 0.1) is 6.54 Å². The Labute approximate surface area is 75.7 Å². The van der Waals surface area contributed by atoms with Crippen molar-refractivity contribution in [1.29, 1.82) is 0 Å². The molecule has 0 spiro atoms. The van der Waals surface area contributed by atoms with Gasteiger partial charge >= 0.3 is 5.97 Å². The molecule has 0 radical (unpaired) electrons. The highest BCUT2D eigenvalue weighted by Crippen LogP contribution is 2.02. The Kier molecular flexibility index (Phi) is 3.21. The molecule has 0 aromatic rings. The van der Waals surface area contributed by atoms with Crippen LogP contribution in [0.15, 0.2) is 0 Å². The number of aliphatic carboxylic acids is 1. The molecule has 1 aliphatic heterocycles. The Morgan fingerprint density at radius 1 is 1.77 bits per heavy atom. The van der Waals surface area contributed by atoms with Crippen molar-refractivity contribution in [1.82, 2.24) is 10.2 Å². The highest BCUT2D eigenvalue weighted by Gasteiger charge is 2.30. The number of carbonyl (C=O) groups excluding carboxylic acids is 1. The summed E-state index contributed by atoms with van der Waals surface area (Å²) in [7, 11) is 0. The second-order valence-electron chi connectivity index (χ2n) is 2.92. The van der Waals surface area contributed by atoms with Crippen molar-refractivity contribution in [2.24, 2.45) is 5.73 Å². The van der Waals surface area contributed by atoms with E-state index in [2.05, 4.69) is 5.32 Å². The lowest BCUT2D eigenvalue weighted by Gasteiger charge is -2.32. The van der Waals surface area contributed by atoms with E-state index in [0.29, 0.717) is 13.1 Å². The molecular weight excluding hydrogens is 174 g/mol. The first-order chi connectivity index (χ1) is 6.15. The number of hydrogen-bond donors (Lipinski definition) is 3. The van der Waals surface area contributed by atoms with Crippen molar-refractivity contribution in [2.75, 3.05) is 26.2 Å². The van der Waals surface area contributed by atoms with E-state index in [1.54, 1.807) is 4.90 Å². The third-order valence-corrected chi connectivity index (χ3v) is 1.98. The number of carboxylic acids is 1. The predicted octanol–water partition coefficient (Wildman–Crippen LogP) is -2.17. The van der Waals surface area contributed by atoms with Crippen molar-refractivity contribution in [3.63, 3.8) is 0 Å². The lowest BCUT2D eigenvalue weighted by Crippen LogP contribution is -2.58. The number of rotatable bonds is 3. The number of carbonyl (C=O) groups is 2. The first-order valence-electron chi connectivity index (χ1n) is 4.08. The zero-order valence-electron chi connectivity index (χ0n) is 7.19. The van der Waals surface area contributed by atoms with Gasteiger partial charge in [0.15, 0.2) is 0 Å². The average molecular weight is 187 g/mol. The minimum atomic E-state index is -0.923. The van der Waals surface area contributed by atoms with Gasteiger partial charge in [-0.1, -0.05) is 0 Å². The molecule has 1 fully saturated rings. The molecule has 0 aromatic heterocycles. The van der Waals surface area contributed by atoms with Gasteiger partial charge < -0.3 is 16.2 Å². The van der Waals surface area contributed by atoms with Crippen LogP contribution in [0.5, 0.6) is 0 Å². The maximum Gasteiger partial charge on any atom is 0.322 e. The average Bonchev–Trinajstić information content (AvgIpc) is 2.04. The number of nitrogens with one attached hydrogen (secondary N) is 1. The lowest BCUT2D eigenvalue weighted by atomic mass is 10.2. The minimum absolute atomic E-state index is 0.119. The van der Waals surface area contributed by atoms with Crippen LogP contribution in [0.25, 0.3) is 0 Å². The summed E-state index contributed by atoms with van der Waals surface area (Å²) in [5.41, 5.74) is 5.30. The fraction of sp³-hybridized carbons (Fsp3) is 0.714. The van der Waals surface area contributed by atoms with Crippen molar-refractivity contribution < 1.29 is 14.7 Å². The van der Waals surface area contributed by atoms with Crippen molar-refractivity contribution in [3.8, 4) is 0 Å². The molecule has 1 heterocycles. The van der Waals surface area contributed by atoms with Crippen LogP contribution >= 0.6 is 0 Å². The molecule has 4 N–H and O–H groups in total. The summed E-state index contributed by atoms with van der Waals surface area (Å²) in [6.07, 6.45) is 0. The Morgan fingerprint density at radius 2 is 2.46 bits per heavy atom. The zero-order chi connectivity index (χ0) is 9.84. The molecule has 0 aromatic carbocycles. The van der Waals surface area contributed by atoms with E-state index >= 15 is 0 Å². The van der Waals surface area contributed by atoms with E-state index in [1.165, 1.54) is 0 Å². The molecule has 6 nitrogen and oxygen atoms in total. The molecule has 1 aliphatic rings. The topological polar surface area (TPSA) is 95.7 Å². The highest BCUT2D eigenvalue weighted by molar-refractivity contribution is 5.83. The summed E-state index contributed by atoms with van der Waals surface area (Å²) in [4.78, 5) is 23.2. The summed E-state index contributed by atoms with van der Waals surface area (Å²) in [5.74, 6) is -1.07. The first-order valence-corrected chi connectivity index (χ1v) is 4.08. The van der Waals surface area contributed by atoms with Crippen molar-refractivity contribution >= 4 is 11.9 Å². The predicted molar refractivity (Wildman–Crippen MR) is 45.1 cm³/mol. The molecule has 0 aliphatic carbocycles. The molecule has 0 bridgehead atoms. The fourth-order valence-electron chi connectivity index (χ4n) is 1.33. The third kappa shape index (κ3) is 2.40. The molecular formula is C7H13N3O3. The monoisotopic (exact) mass is 187 g/mol. The summed E-state index contributed by atoms with van der Waals surface area (Å²) in [6.45, 7) is 1.07. The van der Waals surface area contributed by atoms with Gasteiger partial charge in [0.1, 0.15) is 6.04 Å². The van der Waals surface area contributed by atoms with Crippen LogP contribution in [-0.2, 0) is 9.59 Å². The number of nitrogens with zero attached hydrogens (tertiary/aromatic N) is 1. The molecule has 1 rings (SSSR count). The summed E-state index contributed by atoms with van der Waals surface area (Å²) >= 11 is 0. The highest BCUT2D eigenvalue weighted by atomic mass is 16.4. The first kappa shape index (κ1) is 9.94. The van der Waals surface area contributed by atoms with E-state index < -0.39 is 12.0 Å². The molecule has 1 atom stereocenters. The Morgan fingerprint density at radius 3 is 3.00 bits per heavy atom. The number of amides is 1. The van der Waals surface area contributed by atoms with Crippen LogP contribution in [0.3, 0.4) is 0 Å². The molecule has 6 heteroatoms. The molecule has 1 amide bonds. The van der Waals surface area contributed by atoms with Gasteiger partial charge in [-0.3, -0.25) is 14.5 Å². The summed E-state index contributed by atoms with van der Waals surface area (Å²) in [6, 6.07) is -0.638. The number of piperazine rings is 1. The second kappa shape index (κ2) is 4.20. The third-order valence-electron chi connectivity index (χ3n) is 1.98. The zero-order valence-corrected chi connectivity index (χ0v) is 7.19. The van der Waals surface area contributed by atoms with E-state index in [1.807, 2.05) is 0 Å². The van der Waals surface area contributed by atoms with Gasteiger partial charge in [-0.05, 0) is 0 Å². The van der Waals surface area contributed by atoms with Crippen LogP contribution in [0.4, 0.5) is 0 Å². The van der Waals surface area contributed by atoms with Gasteiger partial charge in [-0.15, -0.1) is 0 Å². The molecule has 74 valence electrons. The standard InChI is InChI=1S/C7H13N3O3/c8-1-2-10-4-6(11)9-3-5(10)7(12)13/h5H,1-4,8H2,(H,9,11)(H,12,13). The number of hydrogen-bond acceptors (Lipinski definition) is 4. The molecule has 13 heavy (non-hydrogen) atoms. The molecule has 1 saturated heterocycles. The Bertz CT molecular complexity index is 219. The van der Waals surface area contributed by atoms with Gasteiger partial charge in [0.2, 0.25) is 5.91 Å². The molecule has 0 saturated carbocycles. The van der Waals surface area contributed by atoms with Crippen LogP contribution in [0.2, 0.25) is 0 Å². The second-order valence-corrected chi connectivity index (χ2v) is 2.92. The largest absolute Gasteiger partial charge is 0.480 e. The summed E-state index contributed by atoms with van der Waals surface area (Å²) < 4.78 is 0. The van der Waals surface area contributed by atoms with Crippen LogP contribution in [0.1, 0.15) is 0 Å². The Hall–Kier alpha value is -1.14. The van der Waals surface area contributed by atoms with Crippen LogP contribution < -0.4 is 11.1 Å².